The van der Waals surface area contributed by atoms with Crippen molar-refractivity contribution < 1.29 is 22.7 Å². The Bertz CT molecular complexity index is 822. The van der Waals surface area contributed by atoms with Crippen molar-refractivity contribution in [2.45, 2.75) is 44.8 Å². The molecule has 0 amide bonds. The number of alkyl halides is 3. The second-order valence-electron chi connectivity index (χ2n) is 6.88. The number of ether oxygens (including phenoxy) is 1. The Kier molecular flexibility index (Phi) is 4.13. The highest BCUT2D eigenvalue weighted by atomic mass is 19.4. The van der Waals surface area contributed by atoms with Gasteiger partial charge in [0, 0.05) is 17.4 Å². The molecule has 0 spiro atoms. The summed E-state index contributed by atoms with van der Waals surface area (Å²) in [5.41, 5.74) is 0.963. The monoisotopic (exact) mass is 352 g/mol. The molecule has 0 unspecified atom stereocenters. The smallest absolute Gasteiger partial charge is 0.408 e. The van der Waals surface area contributed by atoms with Gasteiger partial charge in [-0.2, -0.15) is 18.3 Å². The summed E-state index contributed by atoms with van der Waals surface area (Å²) in [5.74, 6) is 0.389. The van der Waals surface area contributed by atoms with Crippen LogP contribution in [0.5, 0.6) is 5.75 Å². The molecule has 1 heterocycles. The molecule has 1 aromatic carbocycles. The fourth-order valence-electron chi connectivity index (χ4n) is 3.34. The van der Waals surface area contributed by atoms with Gasteiger partial charge in [-0.15, -0.1) is 0 Å². The maximum atomic E-state index is 13.0. The zero-order valence-corrected chi connectivity index (χ0v) is 14.3. The Morgan fingerprint density at radius 2 is 2.04 bits per heavy atom. The summed E-state index contributed by atoms with van der Waals surface area (Å²) in [6.07, 6.45) is -3.61. The van der Waals surface area contributed by atoms with E-state index in [1.807, 2.05) is 13.8 Å². The van der Waals surface area contributed by atoms with Crippen molar-refractivity contribution in [3.63, 3.8) is 0 Å². The number of nitrogens with zero attached hydrogens (tertiary/aromatic N) is 2. The zero-order chi connectivity index (χ0) is 18.4. The van der Waals surface area contributed by atoms with Gasteiger partial charge in [0.25, 0.3) is 0 Å². The Balaban J connectivity index is 2.24. The quantitative estimate of drug-likeness (QED) is 0.824. The van der Waals surface area contributed by atoms with Crippen LogP contribution < -0.4 is 4.74 Å². The van der Waals surface area contributed by atoms with Gasteiger partial charge in [0.2, 0.25) is 0 Å². The van der Waals surface area contributed by atoms with Crippen molar-refractivity contribution in [3.05, 3.63) is 35.5 Å². The Morgan fingerprint density at radius 1 is 1.32 bits per heavy atom. The van der Waals surface area contributed by atoms with Gasteiger partial charge in [-0.3, -0.25) is 9.48 Å². The minimum absolute atomic E-state index is 0.166. The summed E-state index contributed by atoms with van der Waals surface area (Å²) < 4.78 is 45.2. The van der Waals surface area contributed by atoms with E-state index >= 15 is 0 Å². The molecule has 1 aromatic heterocycles. The standard InChI is InChI=1S/C18H19F3N2O2/c1-17(2)8-7-13(24)14-15(11-5-4-6-12(9-11)25-3)22-23(16(14)17)10-18(19,20)21/h4-6,9H,7-8,10H2,1-3H3. The number of rotatable bonds is 3. The highest BCUT2D eigenvalue weighted by Crippen LogP contribution is 2.42. The Morgan fingerprint density at radius 3 is 2.68 bits per heavy atom. The number of Topliss-reactive ketones (excluding diaryl/α,β-unsaturated/α-hetero) is 1. The van der Waals surface area contributed by atoms with Crippen LogP contribution in [0.4, 0.5) is 13.2 Å². The van der Waals surface area contributed by atoms with Crippen molar-refractivity contribution in [3.8, 4) is 17.0 Å². The first-order chi connectivity index (χ1) is 11.6. The number of ketones is 1. The molecule has 0 radical (unpaired) electrons. The highest BCUT2D eigenvalue weighted by molar-refractivity contribution is 6.04. The van der Waals surface area contributed by atoms with Crippen molar-refractivity contribution >= 4 is 5.78 Å². The molecule has 134 valence electrons. The molecule has 0 bridgehead atoms. The van der Waals surface area contributed by atoms with Crippen molar-refractivity contribution in [1.82, 2.24) is 9.78 Å². The van der Waals surface area contributed by atoms with Crippen molar-refractivity contribution in [2.75, 3.05) is 7.11 Å². The lowest BCUT2D eigenvalue weighted by Gasteiger charge is -2.30. The molecule has 0 N–H and O–H groups in total. The average Bonchev–Trinajstić information content (AvgIpc) is 2.90. The van der Waals surface area contributed by atoms with E-state index in [1.165, 1.54) is 7.11 Å². The van der Waals surface area contributed by atoms with E-state index in [0.29, 0.717) is 35.4 Å². The summed E-state index contributed by atoms with van der Waals surface area (Å²) in [6, 6.07) is 6.85. The number of benzene rings is 1. The van der Waals surface area contributed by atoms with E-state index in [9.17, 15) is 18.0 Å². The predicted octanol–water partition coefficient (Wildman–Crippen LogP) is 4.38. The van der Waals surface area contributed by atoms with Crippen LogP contribution in [-0.2, 0) is 12.0 Å². The van der Waals surface area contributed by atoms with Crippen molar-refractivity contribution in [1.29, 1.82) is 0 Å². The molecule has 0 saturated heterocycles. The SMILES string of the molecule is COc1cccc(-c2nn(CC(F)(F)F)c3c2C(=O)CCC3(C)C)c1. The molecule has 25 heavy (non-hydrogen) atoms. The van der Waals surface area contributed by atoms with Gasteiger partial charge in [-0.25, -0.2) is 0 Å². The van der Waals surface area contributed by atoms with Crippen LogP contribution >= 0.6 is 0 Å². The van der Waals surface area contributed by atoms with E-state index in [4.69, 9.17) is 4.74 Å². The summed E-state index contributed by atoms with van der Waals surface area (Å²) in [7, 11) is 1.51. The van der Waals surface area contributed by atoms with E-state index in [1.54, 1.807) is 24.3 Å². The maximum Gasteiger partial charge on any atom is 0.408 e. The maximum absolute atomic E-state index is 13.0. The van der Waals surface area contributed by atoms with Gasteiger partial charge < -0.3 is 4.74 Å². The van der Waals surface area contributed by atoms with Crippen LogP contribution in [0, 0.1) is 0 Å². The molecule has 0 aliphatic heterocycles. The van der Waals surface area contributed by atoms with E-state index < -0.39 is 18.1 Å². The van der Waals surface area contributed by atoms with Crippen molar-refractivity contribution in [2.24, 2.45) is 0 Å². The molecular weight excluding hydrogens is 333 g/mol. The number of carbonyl (C=O) groups is 1. The number of methoxy groups -OCH3 is 1. The van der Waals surface area contributed by atoms with Crippen LogP contribution in [0.2, 0.25) is 0 Å². The van der Waals surface area contributed by atoms with Gasteiger partial charge in [0.15, 0.2) is 5.78 Å². The molecule has 7 heteroatoms. The van der Waals surface area contributed by atoms with Gasteiger partial charge in [0.1, 0.15) is 18.0 Å². The first-order valence-electron chi connectivity index (χ1n) is 7.98. The summed E-state index contributed by atoms with van der Waals surface area (Å²) in [4.78, 5) is 12.5. The topological polar surface area (TPSA) is 44.1 Å². The molecule has 1 aliphatic carbocycles. The largest absolute Gasteiger partial charge is 0.497 e. The van der Waals surface area contributed by atoms with Gasteiger partial charge in [0.05, 0.1) is 18.4 Å². The molecule has 1 aliphatic rings. The Hall–Kier alpha value is -2.31. The minimum atomic E-state index is -4.41. The molecular formula is C18H19F3N2O2. The van der Waals surface area contributed by atoms with E-state index in [2.05, 4.69) is 5.10 Å². The first kappa shape index (κ1) is 17.5. The molecule has 0 saturated carbocycles. The predicted molar refractivity (Wildman–Crippen MR) is 86.9 cm³/mol. The van der Waals surface area contributed by atoms with E-state index in [-0.39, 0.29) is 11.5 Å². The van der Waals surface area contributed by atoms with Gasteiger partial charge in [-0.1, -0.05) is 26.0 Å². The zero-order valence-electron chi connectivity index (χ0n) is 14.3. The van der Waals surface area contributed by atoms with Crippen LogP contribution in [-0.4, -0.2) is 28.8 Å². The number of aromatic nitrogens is 2. The molecule has 0 fully saturated rings. The molecule has 0 atom stereocenters. The van der Waals surface area contributed by atoms with Crippen LogP contribution in [0.1, 0.15) is 42.7 Å². The lowest BCUT2D eigenvalue weighted by atomic mass is 9.75. The summed E-state index contributed by atoms with van der Waals surface area (Å²) >= 11 is 0. The third-order valence-corrected chi connectivity index (χ3v) is 4.52. The fourth-order valence-corrected chi connectivity index (χ4v) is 3.34. The molecule has 4 nitrogen and oxygen atoms in total. The summed E-state index contributed by atoms with van der Waals surface area (Å²) in [5, 5.41) is 4.19. The normalized spacial score (nSPS) is 16.6. The Labute approximate surface area is 143 Å². The second kappa shape index (κ2) is 5.89. The number of halogens is 3. The lowest BCUT2D eigenvalue weighted by molar-refractivity contribution is -0.143. The number of carbonyl (C=O) groups excluding carboxylic acids is 1. The highest BCUT2D eigenvalue weighted by Gasteiger charge is 2.41. The fraction of sp³-hybridized carbons (Fsp3) is 0.444. The van der Waals surface area contributed by atoms with Crippen LogP contribution in [0.3, 0.4) is 0 Å². The second-order valence-corrected chi connectivity index (χ2v) is 6.88. The average molecular weight is 352 g/mol. The third kappa shape index (κ3) is 3.27. The number of hydrogen-bond donors (Lipinski definition) is 0. The number of hydrogen-bond acceptors (Lipinski definition) is 3. The van der Waals surface area contributed by atoms with Crippen LogP contribution in [0.25, 0.3) is 11.3 Å². The van der Waals surface area contributed by atoms with Crippen LogP contribution in [0.15, 0.2) is 24.3 Å². The lowest BCUT2D eigenvalue weighted by Crippen LogP contribution is -2.32. The van der Waals surface area contributed by atoms with Gasteiger partial charge in [-0.05, 0) is 18.6 Å². The van der Waals surface area contributed by atoms with Gasteiger partial charge >= 0.3 is 6.18 Å². The number of fused-ring (bicyclic) bond motifs is 1. The minimum Gasteiger partial charge on any atom is -0.497 e. The third-order valence-electron chi connectivity index (χ3n) is 4.52. The molecule has 2 aromatic rings. The molecule has 3 rings (SSSR count). The first-order valence-corrected chi connectivity index (χ1v) is 7.98. The van der Waals surface area contributed by atoms with E-state index in [0.717, 1.165) is 4.68 Å². The summed E-state index contributed by atoms with van der Waals surface area (Å²) in [6.45, 7) is 2.49.